The summed E-state index contributed by atoms with van der Waals surface area (Å²) >= 11 is 0. The average molecular weight is 399 g/mol. The van der Waals surface area contributed by atoms with Crippen LogP contribution in [-0.2, 0) is 0 Å². The van der Waals surface area contributed by atoms with Gasteiger partial charge in [-0.1, -0.05) is 65.3 Å². The minimum atomic E-state index is -0.0866. The van der Waals surface area contributed by atoms with E-state index in [-0.39, 0.29) is 6.10 Å². The third-order valence-corrected chi connectivity index (χ3v) is 10.6. The molecule has 1 nitrogen and oxygen atoms in total. The average Bonchev–Trinajstić information content (AvgIpc) is 3.03. The summed E-state index contributed by atoms with van der Waals surface area (Å²) in [7, 11) is 0. The minimum absolute atomic E-state index is 0.0866. The highest BCUT2D eigenvalue weighted by atomic mass is 16.3. The quantitative estimate of drug-likeness (QED) is 0.489. The fourth-order valence-corrected chi connectivity index (χ4v) is 8.25. The first kappa shape index (κ1) is 21.7. The van der Waals surface area contributed by atoms with Crippen molar-refractivity contribution >= 4 is 0 Å². The third-order valence-electron chi connectivity index (χ3n) is 10.6. The number of hydrogen-bond acceptors (Lipinski definition) is 1. The van der Waals surface area contributed by atoms with Gasteiger partial charge in [0.05, 0.1) is 6.10 Å². The lowest BCUT2D eigenvalue weighted by atomic mass is 9.47. The molecule has 3 saturated carbocycles. The fraction of sp³-hybridized carbons (Fsp3) is 0.857. The first-order valence-electron chi connectivity index (χ1n) is 12.7. The number of rotatable bonds is 4. The van der Waals surface area contributed by atoms with Crippen LogP contribution in [0.5, 0.6) is 0 Å². The zero-order valence-electron chi connectivity index (χ0n) is 20.0. The van der Waals surface area contributed by atoms with Gasteiger partial charge in [-0.05, 0) is 104 Å². The lowest BCUT2D eigenvalue weighted by molar-refractivity contribution is -0.0540. The number of aliphatic hydroxyl groups excluding tert-OH is 1. The molecule has 0 aromatic carbocycles. The van der Waals surface area contributed by atoms with Crippen molar-refractivity contribution in [1.82, 2.24) is 0 Å². The molecular weight excluding hydrogens is 352 g/mol. The van der Waals surface area contributed by atoms with Crippen LogP contribution in [0.15, 0.2) is 23.8 Å². The Kier molecular flexibility index (Phi) is 5.86. The van der Waals surface area contributed by atoms with Crippen molar-refractivity contribution in [2.24, 2.45) is 52.3 Å². The molecule has 3 unspecified atom stereocenters. The molecular formula is C28H46O. The van der Waals surface area contributed by atoms with Crippen molar-refractivity contribution in [2.45, 2.75) is 99.0 Å². The molecule has 3 fully saturated rings. The number of hydrogen-bond donors (Lipinski definition) is 1. The standard InChI is InChI=1S/C28H46O/c1-18(2)19(3)7-8-20(4)24-11-12-25-23-10-9-21-17-22(29)13-15-27(21,5)26(23)14-16-28(24,25)6/h7-9,18-20,22-26,29H,10-17H2,1-6H3/b8-7-/t19-,20+,22-,23?,24+,25?,26?,27-,28+/m0/s1. The summed E-state index contributed by atoms with van der Waals surface area (Å²) in [4.78, 5) is 0. The second kappa shape index (κ2) is 7.85. The molecule has 1 heteroatoms. The molecule has 0 bridgehead atoms. The van der Waals surface area contributed by atoms with Gasteiger partial charge in [-0.2, -0.15) is 0 Å². The van der Waals surface area contributed by atoms with Gasteiger partial charge in [0.25, 0.3) is 0 Å². The van der Waals surface area contributed by atoms with Crippen LogP contribution in [0, 0.1) is 52.3 Å². The van der Waals surface area contributed by atoms with E-state index in [2.05, 4.69) is 59.8 Å². The Morgan fingerprint density at radius 3 is 2.45 bits per heavy atom. The van der Waals surface area contributed by atoms with Crippen molar-refractivity contribution in [3.63, 3.8) is 0 Å². The lowest BCUT2D eigenvalue weighted by Crippen LogP contribution is -2.50. The van der Waals surface area contributed by atoms with Gasteiger partial charge in [0.15, 0.2) is 0 Å². The first-order chi connectivity index (χ1) is 13.7. The Labute approximate surface area is 180 Å². The zero-order chi connectivity index (χ0) is 21.0. The predicted octanol–water partition coefficient (Wildman–Crippen LogP) is 7.41. The van der Waals surface area contributed by atoms with Crippen molar-refractivity contribution in [3.8, 4) is 0 Å². The first-order valence-corrected chi connectivity index (χ1v) is 12.7. The highest BCUT2D eigenvalue weighted by Crippen LogP contribution is 2.67. The summed E-state index contributed by atoms with van der Waals surface area (Å²) in [6.07, 6.45) is 17.7. The molecule has 164 valence electrons. The summed E-state index contributed by atoms with van der Waals surface area (Å²) in [5.41, 5.74) is 2.51. The largest absolute Gasteiger partial charge is 0.393 e. The van der Waals surface area contributed by atoms with Gasteiger partial charge in [-0.15, -0.1) is 0 Å². The van der Waals surface area contributed by atoms with Crippen molar-refractivity contribution in [2.75, 3.05) is 0 Å². The van der Waals surface area contributed by atoms with Gasteiger partial charge in [-0.25, -0.2) is 0 Å². The zero-order valence-corrected chi connectivity index (χ0v) is 20.0. The molecule has 29 heavy (non-hydrogen) atoms. The molecule has 0 radical (unpaired) electrons. The summed E-state index contributed by atoms with van der Waals surface area (Å²) in [6, 6.07) is 0. The summed E-state index contributed by atoms with van der Waals surface area (Å²) in [6.45, 7) is 14.7. The van der Waals surface area contributed by atoms with E-state index in [4.69, 9.17) is 0 Å². The van der Waals surface area contributed by atoms with Crippen LogP contribution in [0.4, 0.5) is 0 Å². The van der Waals surface area contributed by atoms with E-state index in [9.17, 15) is 5.11 Å². The summed E-state index contributed by atoms with van der Waals surface area (Å²) in [5.74, 6) is 5.63. The van der Waals surface area contributed by atoms with Crippen LogP contribution in [0.1, 0.15) is 92.9 Å². The smallest absolute Gasteiger partial charge is 0.0577 e. The van der Waals surface area contributed by atoms with Crippen molar-refractivity contribution < 1.29 is 5.11 Å². The Morgan fingerprint density at radius 2 is 1.72 bits per heavy atom. The molecule has 4 aliphatic carbocycles. The van der Waals surface area contributed by atoms with Gasteiger partial charge in [0, 0.05) is 0 Å². The predicted molar refractivity (Wildman–Crippen MR) is 124 cm³/mol. The van der Waals surface area contributed by atoms with E-state index in [1.807, 2.05) is 0 Å². The Bertz CT molecular complexity index is 659. The van der Waals surface area contributed by atoms with Gasteiger partial charge >= 0.3 is 0 Å². The minimum Gasteiger partial charge on any atom is -0.393 e. The maximum absolute atomic E-state index is 10.2. The molecule has 0 heterocycles. The highest BCUT2D eigenvalue weighted by molar-refractivity contribution is 5.25. The van der Waals surface area contributed by atoms with E-state index in [1.165, 1.54) is 38.5 Å². The molecule has 4 aliphatic rings. The van der Waals surface area contributed by atoms with Gasteiger partial charge in [0.2, 0.25) is 0 Å². The fourth-order valence-electron chi connectivity index (χ4n) is 8.25. The number of allylic oxidation sites excluding steroid dienone is 3. The Balaban J connectivity index is 1.53. The maximum Gasteiger partial charge on any atom is 0.0577 e. The van der Waals surface area contributed by atoms with Crippen LogP contribution in [0.2, 0.25) is 0 Å². The van der Waals surface area contributed by atoms with E-state index >= 15 is 0 Å². The highest BCUT2D eigenvalue weighted by Gasteiger charge is 2.58. The SMILES string of the molecule is CC(C)[C@@H](C)/C=C\[C@@H](C)[C@H]1CCC2C3CC=C4C[C@@H](O)CC[C@]4(C)C3CC[C@@]21C. The number of aliphatic hydroxyl groups is 1. The Morgan fingerprint density at radius 1 is 0.966 bits per heavy atom. The van der Waals surface area contributed by atoms with Gasteiger partial charge < -0.3 is 5.11 Å². The number of fused-ring (bicyclic) bond motifs is 5. The van der Waals surface area contributed by atoms with Crippen LogP contribution in [0.25, 0.3) is 0 Å². The lowest BCUT2D eigenvalue weighted by Gasteiger charge is -2.58. The second-order valence-electron chi connectivity index (χ2n) is 12.2. The van der Waals surface area contributed by atoms with E-state index in [0.29, 0.717) is 22.7 Å². The summed E-state index contributed by atoms with van der Waals surface area (Å²) in [5, 5.41) is 10.2. The molecule has 0 aromatic heterocycles. The van der Waals surface area contributed by atoms with E-state index < -0.39 is 0 Å². The van der Waals surface area contributed by atoms with Crippen LogP contribution in [0.3, 0.4) is 0 Å². The molecule has 0 amide bonds. The van der Waals surface area contributed by atoms with E-state index in [1.54, 1.807) is 5.57 Å². The van der Waals surface area contributed by atoms with E-state index in [0.717, 1.165) is 42.4 Å². The maximum atomic E-state index is 10.2. The van der Waals surface area contributed by atoms with Crippen molar-refractivity contribution in [1.29, 1.82) is 0 Å². The van der Waals surface area contributed by atoms with Gasteiger partial charge in [0.1, 0.15) is 0 Å². The molecule has 4 rings (SSSR count). The normalized spacial score (nSPS) is 46.8. The monoisotopic (exact) mass is 398 g/mol. The third kappa shape index (κ3) is 3.58. The molecule has 0 aromatic rings. The van der Waals surface area contributed by atoms with Crippen LogP contribution < -0.4 is 0 Å². The Hall–Kier alpha value is -0.560. The molecule has 1 N–H and O–H groups in total. The molecule has 0 aliphatic heterocycles. The van der Waals surface area contributed by atoms with Crippen molar-refractivity contribution in [3.05, 3.63) is 23.8 Å². The molecule has 0 spiro atoms. The van der Waals surface area contributed by atoms with Crippen LogP contribution in [-0.4, -0.2) is 11.2 Å². The van der Waals surface area contributed by atoms with Gasteiger partial charge in [-0.3, -0.25) is 0 Å². The second-order valence-corrected chi connectivity index (χ2v) is 12.2. The molecule has 9 atom stereocenters. The molecule has 0 saturated heterocycles. The topological polar surface area (TPSA) is 20.2 Å². The summed E-state index contributed by atoms with van der Waals surface area (Å²) < 4.78 is 0. The van der Waals surface area contributed by atoms with Crippen LogP contribution >= 0.6 is 0 Å².